The molecule has 1 aliphatic rings. The smallest absolute Gasteiger partial charge is 0.187 e. The summed E-state index contributed by atoms with van der Waals surface area (Å²) in [5.41, 5.74) is 1.95. The Bertz CT molecular complexity index is 1340. The van der Waals surface area contributed by atoms with Crippen molar-refractivity contribution in [2.75, 3.05) is 11.9 Å². The van der Waals surface area contributed by atoms with E-state index in [2.05, 4.69) is 15.3 Å². The third-order valence-corrected chi connectivity index (χ3v) is 8.96. The van der Waals surface area contributed by atoms with Crippen LogP contribution in [0, 0.1) is 5.82 Å². The van der Waals surface area contributed by atoms with Crippen LogP contribution in [-0.2, 0) is 22.7 Å². The third kappa shape index (κ3) is 3.70. The van der Waals surface area contributed by atoms with Gasteiger partial charge in [0.2, 0.25) is 0 Å². The number of fused-ring (bicyclic) bond motifs is 3. The fourth-order valence-electron chi connectivity index (χ4n) is 4.11. The van der Waals surface area contributed by atoms with Crippen LogP contribution in [-0.4, -0.2) is 24.9 Å². The van der Waals surface area contributed by atoms with Gasteiger partial charge in [-0.1, -0.05) is 30.3 Å². The van der Waals surface area contributed by atoms with Crippen molar-refractivity contribution >= 4 is 37.2 Å². The maximum absolute atomic E-state index is 13.5. The molecule has 0 bridgehead atoms. The molecule has 5 nitrogen and oxygen atoms in total. The Balaban J connectivity index is 1.52. The standard InChI is InChI=1S/C23H20FN3O2S2/c24-16-9-11-17(12-10-16)31(28,29)20(15-5-2-1-3-6-15)13-25-22-21-18-7-4-8-19(18)30-23(21)27-14-26-22/h1-3,5-6,9-12,14,20H,4,7-8,13H2,(H,25,26,27). The van der Waals surface area contributed by atoms with E-state index in [-0.39, 0.29) is 11.4 Å². The number of halogens is 1. The normalized spacial score (nSPS) is 14.5. The van der Waals surface area contributed by atoms with Crippen LogP contribution < -0.4 is 5.32 Å². The molecule has 1 N–H and O–H groups in total. The van der Waals surface area contributed by atoms with Gasteiger partial charge in [0, 0.05) is 11.4 Å². The van der Waals surface area contributed by atoms with Crippen LogP contribution in [0.25, 0.3) is 10.2 Å². The SMILES string of the molecule is O=S(=O)(c1ccc(F)cc1)C(CNc1ncnc2sc3c(c12)CCC3)c1ccccc1. The maximum Gasteiger partial charge on any atom is 0.187 e. The summed E-state index contributed by atoms with van der Waals surface area (Å²) in [5, 5.41) is 3.45. The van der Waals surface area contributed by atoms with Gasteiger partial charge in [-0.25, -0.2) is 22.8 Å². The number of aryl methyl sites for hydroxylation is 2. The van der Waals surface area contributed by atoms with Crippen molar-refractivity contribution in [2.45, 2.75) is 29.4 Å². The topological polar surface area (TPSA) is 72.0 Å². The van der Waals surface area contributed by atoms with E-state index >= 15 is 0 Å². The molecule has 0 amide bonds. The fraction of sp³-hybridized carbons (Fsp3) is 0.217. The number of anilines is 1. The second-order valence-electron chi connectivity index (χ2n) is 7.54. The lowest BCUT2D eigenvalue weighted by Crippen LogP contribution is -2.22. The van der Waals surface area contributed by atoms with Gasteiger partial charge in [-0.15, -0.1) is 11.3 Å². The van der Waals surface area contributed by atoms with E-state index in [4.69, 9.17) is 0 Å². The molecule has 0 saturated carbocycles. The Morgan fingerprint density at radius 2 is 1.81 bits per heavy atom. The summed E-state index contributed by atoms with van der Waals surface area (Å²) in [4.78, 5) is 11.2. The average Bonchev–Trinajstić information content (AvgIpc) is 3.36. The van der Waals surface area contributed by atoms with Crippen LogP contribution >= 0.6 is 11.3 Å². The first-order chi connectivity index (χ1) is 15.0. The van der Waals surface area contributed by atoms with Crippen LogP contribution in [0.2, 0.25) is 0 Å². The Kier molecular flexibility index (Phi) is 5.19. The molecule has 2 heterocycles. The average molecular weight is 454 g/mol. The molecule has 158 valence electrons. The summed E-state index contributed by atoms with van der Waals surface area (Å²) in [6.07, 6.45) is 4.69. The van der Waals surface area contributed by atoms with E-state index in [1.54, 1.807) is 23.5 Å². The predicted molar refractivity (Wildman–Crippen MR) is 121 cm³/mol. The first-order valence-electron chi connectivity index (χ1n) is 10.1. The molecule has 1 aliphatic carbocycles. The van der Waals surface area contributed by atoms with E-state index in [1.807, 2.05) is 18.2 Å². The van der Waals surface area contributed by atoms with Crippen LogP contribution in [0.15, 0.2) is 65.8 Å². The molecule has 0 fully saturated rings. The number of rotatable bonds is 6. The summed E-state index contributed by atoms with van der Waals surface area (Å²) in [5.74, 6) is 0.197. The van der Waals surface area contributed by atoms with Crippen molar-refractivity contribution in [2.24, 2.45) is 0 Å². The van der Waals surface area contributed by atoms with E-state index in [1.165, 1.54) is 41.0 Å². The molecule has 0 spiro atoms. The molecule has 4 aromatic rings. The molecule has 1 unspecified atom stereocenters. The Morgan fingerprint density at radius 1 is 1.03 bits per heavy atom. The van der Waals surface area contributed by atoms with E-state index < -0.39 is 20.9 Å². The van der Waals surface area contributed by atoms with Gasteiger partial charge in [-0.2, -0.15) is 0 Å². The lowest BCUT2D eigenvalue weighted by Gasteiger charge is -2.20. The highest BCUT2D eigenvalue weighted by Gasteiger charge is 2.30. The molecule has 2 aromatic carbocycles. The van der Waals surface area contributed by atoms with Crippen LogP contribution in [0.5, 0.6) is 0 Å². The second kappa shape index (κ2) is 8.01. The van der Waals surface area contributed by atoms with Crippen LogP contribution in [0.4, 0.5) is 10.2 Å². The maximum atomic E-state index is 13.5. The second-order valence-corrected chi connectivity index (χ2v) is 10.8. The highest BCUT2D eigenvalue weighted by Crippen LogP contribution is 2.39. The van der Waals surface area contributed by atoms with Crippen molar-refractivity contribution in [3.05, 3.63) is 82.7 Å². The van der Waals surface area contributed by atoms with E-state index in [9.17, 15) is 12.8 Å². The third-order valence-electron chi connectivity index (χ3n) is 5.64. The Labute approximate surface area is 183 Å². The molecular weight excluding hydrogens is 433 g/mol. The van der Waals surface area contributed by atoms with Crippen LogP contribution in [0.1, 0.15) is 27.7 Å². The minimum atomic E-state index is -3.76. The van der Waals surface area contributed by atoms with Crippen molar-refractivity contribution < 1.29 is 12.8 Å². The van der Waals surface area contributed by atoms with Crippen molar-refractivity contribution in [1.82, 2.24) is 9.97 Å². The number of nitrogens with zero attached hydrogens (tertiary/aromatic N) is 2. The van der Waals surface area contributed by atoms with Crippen molar-refractivity contribution in [3.8, 4) is 0 Å². The Hall–Kier alpha value is -2.84. The summed E-state index contributed by atoms with van der Waals surface area (Å²) in [6, 6.07) is 14.0. The lowest BCUT2D eigenvalue weighted by molar-refractivity contribution is 0.583. The van der Waals surface area contributed by atoms with Gasteiger partial charge in [0.1, 0.15) is 28.0 Å². The van der Waals surface area contributed by atoms with Gasteiger partial charge in [-0.3, -0.25) is 0 Å². The zero-order chi connectivity index (χ0) is 21.4. The fourth-order valence-corrected chi connectivity index (χ4v) is 7.01. The minimum Gasteiger partial charge on any atom is -0.368 e. The largest absolute Gasteiger partial charge is 0.368 e. The van der Waals surface area contributed by atoms with Gasteiger partial charge in [0.25, 0.3) is 0 Å². The minimum absolute atomic E-state index is 0.0915. The Morgan fingerprint density at radius 3 is 2.58 bits per heavy atom. The van der Waals surface area contributed by atoms with Crippen molar-refractivity contribution in [3.63, 3.8) is 0 Å². The first-order valence-corrected chi connectivity index (χ1v) is 12.4. The summed E-state index contributed by atoms with van der Waals surface area (Å²) in [6.45, 7) is 0.139. The van der Waals surface area contributed by atoms with Gasteiger partial charge < -0.3 is 5.32 Å². The number of thiophene rings is 1. The molecule has 2 aromatic heterocycles. The monoisotopic (exact) mass is 453 g/mol. The molecule has 31 heavy (non-hydrogen) atoms. The number of benzene rings is 2. The van der Waals surface area contributed by atoms with E-state index in [0.717, 1.165) is 29.5 Å². The lowest BCUT2D eigenvalue weighted by atomic mass is 10.1. The number of nitrogens with one attached hydrogen (secondary N) is 1. The zero-order valence-electron chi connectivity index (χ0n) is 16.6. The molecular formula is C23H20FN3O2S2. The molecule has 0 aliphatic heterocycles. The highest BCUT2D eigenvalue weighted by atomic mass is 32.2. The summed E-state index contributed by atoms with van der Waals surface area (Å²) in [7, 11) is -3.76. The quantitative estimate of drug-likeness (QED) is 0.419. The molecule has 0 radical (unpaired) electrons. The number of hydrogen-bond acceptors (Lipinski definition) is 6. The van der Waals surface area contributed by atoms with Gasteiger partial charge in [-0.05, 0) is 54.7 Å². The molecule has 8 heteroatoms. The molecule has 0 saturated heterocycles. The van der Waals surface area contributed by atoms with Gasteiger partial charge in [0.15, 0.2) is 9.84 Å². The van der Waals surface area contributed by atoms with E-state index in [0.29, 0.717) is 11.4 Å². The predicted octanol–water partition coefficient (Wildman–Crippen LogP) is 4.95. The van der Waals surface area contributed by atoms with Crippen molar-refractivity contribution in [1.29, 1.82) is 0 Å². The highest BCUT2D eigenvalue weighted by molar-refractivity contribution is 7.91. The summed E-state index contributed by atoms with van der Waals surface area (Å²) >= 11 is 1.69. The van der Waals surface area contributed by atoms with Gasteiger partial charge >= 0.3 is 0 Å². The zero-order valence-corrected chi connectivity index (χ0v) is 18.2. The first kappa shape index (κ1) is 20.1. The summed E-state index contributed by atoms with van der Waals surface area (Å²) < 4.78 is 40.3. The number of aromatic nitrogens is 2. The number of hydrogen-bond donors (Lipinski definition) is 1. The molecule has 1 atom stereocenters. The number of sulfone groups is 1. The van der Waals surface area contributed by atoms with Crippen LogP contribution in [0.3, 0.4) is 0 Å². The molecule has 5 rings (SSSR count). The van der Waals surface area contributed by atoms with Gasteiger partial charge in [0.05, 0.1) is 10.3 Å².